The molecule has 5 heteroatoms. The van der Waals surface area contributed by atoms with Gasteiger partial charge in [-0.2, -0.15) is 0 Å². The van der Waals surface area contributed by atoms with Gasteiger partial charge >= 0.3 is 0 Å². The van der Waals surface area contributed by atoms with Gasteiger partial charge in [0.25, 0.3) is 0 Å². The summed E-state index contributed by atoms with van der Waals surface area (Å²) in [6, 6.07) is 6.53. The standard InChI is InChI=1S/C11H8ClN3O/c12-8-3-1-7(2-4-8)10(16)9-11(13)15-6-5-14-9/h1-6H,(H2,13,15). The van der Waals surface area contributed by atoms with Gasteiger partial charge in [0.15, 0.2) is 11.5 Å². The molecule has 0 aliphatic carbocycles. The minimum absolute atomic E-state index is 0.127. The van der Waals surface area contributed by atoms with Crippen LogP contribution in [-0.2, 0) is 0 Å². The van der Waals surface area contributed by atoms with Crippen LogP contribution < -0.4 is 5.73 Å². The number of rotatable bonds is 2. The van der Waals surface area contributed by atoms with Crippen LogP contribution in [-0.4, -0.2) is 15.8 Å². The highest BCUT2D eigenvalue weighted by Gasteiger charge is 2.13. The molecule has 1 aromatic carbocycles. The topological polar surface area (TPSA) is 68.9 Å². The molecule has 1 aromatic heterocycles. The first kappa shape index (κ1) is 10.6. The SMILES string of the molecule is Nc1nccnc1C(=O)c1ccc(Cl)cc1. The highest BCUT2D eigenvalue weighted by Crippen LogP contribution is 2.14. The second kappa shape index (κ2) is 4.28. The number of anilines is 1. The zero-order chi connectivity index (χ0) is 11.5. The minimum atomic E-state index is -0.262. The number of carbonyl (C=O) groups is 1. The lowest BCUT2D eigenvalue weighted by Crippen LogP contribution is -2.09. The van der Waals surface area contributed by atoms with E-state index < -0.39 is 0 Å². The Kier molecular flexibility index (Phi) is 2.83. The van der Waals surface area contributed by atoms with E-state index in [2.05, 4.69) is 9.97 Å². The van der Waals surface area contributed by atoms with E-state index >= 15 is 0 Å². The van der Waals surface area contributed by atoms with E-state index in [4.69, 9.17) is 17.3 Å². The summed E-state index contributed by atoms with van der Waals surface area (Å²) in [4.78, 5) is 19.7. The fourth-order valence-electron chi connectivity index (χ4n) is 1.26. The molecule has 2 rings (SSSR count). The molecular formula is C11H8ClN3O. The molecule has 80 valence electrons. The van der Waals surface area contributed by atoms with Crippen molar-refractivity contribution in [3.63, 3.8) is 0 Å². The number of nitrogens with two attached hydrogens (primary N) is 1. The van der Waals surface area contributed by atoms with Gasteiger partial charge in [-0.15, -0.1) is 0 Å². The Morgan fingerprint density at radius 1 is 1.12 bits per heavy atom. The molecule has 0 atom stereocenters. The van der Waals surface area contributed by atoms with Gasteiger partial charge in [0.2, 0.25) is 5.78 Å². The third-order valence-corrected chi connectivity index (χ3v) is 2.30. The monoisotopic (exact) mass is 233 g/mol. The van der Waals surface area contributed by atoms with Gasteiger partial charge in [0, 0.05) is 23.0 Å². The lowest BCUT2D eigenvalue weighted by molar-refractivity contribution is 0.103. The molecule has 0 unspecified atom stereocenters. The highest BCUT2D eigenvalue weighted by atomic mass is 35.5. The van der Waals surface area contributed by atoms with Crippen LogP contribution in [0, 0.1) is 0 Å². The molecule has 2 aromatic rings. The zero-order valence-corrected chi connectivity index (χ0v) is 8.98. The quantitative estimate of drug-likeness (QED) is 0.805. The maximum Gasteiger partial charge on any atom is 0.215 e. The summed E-state index contributed by atoms with van der Waals surface area (Å²) in [6.07, 6.45) is 2.87. The van der Waals surface area contributed by atoms with Crippen LogP contribution >= 0.6 is 11.6 Å². The van der Waals surface area contributed by atoms with E-state index in [1.807, 2.05) is 0 Å². The van der Waals surface area contributed by atoms with Gasteiger partial charge in [-0.1, -0.05) is 11.6 Å². The minimum Gasteiger partial charge on any atom is -0.382 e. The summed E-state index contributed by atoms with van der Waals surface area (Å²) in [5.74, 6) is -0.135. The second-order valence-electron chi connectivity index (χ2n) is 3.13. The Hall–Kier alpha value is -1.94. The van der Waals surface area contributed by atoms with Crippen LogP contribution in [0.25, 0.3) is 0 Å². The first-order valence-electron chi connectivity index (χ1n) is 4.55. The normalized spacial score (nSPS) is 10.1. The lowest BCUT2D eigenvalue weighted by Gasteiger charge is -2.02. The van der Waals surface area contributed by atoms with E-state index in [0.29, 0.717) is 10.6 Å². The fraction of sp³-hybridized carbons (Fsp3) is 0. The number of hydrogen-bond acceptors (Lipinski definition) is 4. The summed E-state index contributed by atoms with van der Waals surface area (Å²) in [5, 5.41) is 0.573. The average molecular weight is 234 g/mol. The van der Waals surface area contributed by atoms with E-state index in [1.165, 1.54) is 12.4 Å². The summed E-state index contributed by atoms with van der Waals surface area (Å²) in [5.41, 5.74) is 6.21. The molecule has 4 nitrogen and oxygen atoms in total. The average Bonchev–Trinajstić information content (AvgIpc) is 2.30. The molecule has 0 amide bonds. The van der Waals surface area contributed by atoms with Crippen molar-refractivity contribution in [3.8, 4) is 0 Å². The molecule has 0 radical (unpaired) electrons. The maximum atomic E-state index is 12.0. The third kappa shape index (κ3) is 2.01. The van der Waals surface area contributed by atoms with Crippen molar-refractivity contribution in [2.45, 2.75) is 0 Å². The van der Waals surface area contributed by atoms with Crippen molar-refractivity contribution in [3.05, 3.63) is 52.9 Å². The van der Waals surface area contributed by atoms with E-state index in [-0.39, 0.29) is 17.3 Å². The largest absolute Gasteiger partial charge is 0.382 e. The number of nitrogens with zero attached hydrogens (tertiary/aromatic N) is 2. The summed E-state index contributed by atoms with van der Waals surface area (Å²) >= 11 is 5.73. The Labute approximate surface area is 97.1 Å². The van der Waals surface area contributed by atoms with Crippen molar-refractivity contribution in [1.82, 2.24) is 9.97 Å². The predicted molar refractivity (Wildman–Crippen MR) is 61.3 cm³/mol. The molecule has 1 heterocycles. The first-order valence-corrected chi connectivity index (χ1v) is 4.93. The number of hydrogen-bond donors (Lipinski definition) is 1. The number of aromatic nitrogens is 2. The van der Waals surface area contributed by atoms with Gasteiger partial charge < -0.3 is 5.73 Å². The number of halogens is 1. The van der Waals surface area contributed by atoms with Crippen molar-refractivity contribution >= 4 is 23.2 Å². The number of carbonyl (C=O) groups excluding carboxylic acids is 1. The number of nitrogen functional groups attached to an aromatic ring is 1. The van der Waals surface area contributed by atoms with Crippen molar-refractivity contribution in [2.24, 2.45) is 0 Å². The third-order valence-electron chi connectivity index (χ3n) is 2.05. The van der Waals surface area contributed by atoms with E-state index in [9.17, 15) is 4.79 Å². The first-order chi connectivity index (χ1) is 7.68. The van der Waals surface area contributed by atoms with Crippen LogP contribution in [0.3, 0.4) is 0 Å². The summed E-state index contributed by atoms with van der Waals surface area (Å²) in [6.45, 7) is 0. The van der Waals surface area contributed by atoms with Crippen LogP contribution in [0.1, 0.15) is 16.1 Å². The molecule has 0 aliphatic heterocycles. The molecule has 0 saturated carbocycles. The van der Waals surface area contributed by atoms with E-state index in [1.54, 1.807) is 24.3 Å². The zero-order valence-electron chi connectivity index (χ0n) is 8.22. The van der Waals surface area contributed by atoms with Gasteiger partial charge in [-0.25, -0.2) is 9.97 Å². The smallest absolute Gasteiger partial charge is 0.215 e. The van der Waals surface area contributed by atoms with Crippen LogP contribution in [0.15, 0.2) is 36.7 Å². The fourth-order valence-corrected chi connectivity index (χ4v) is 1.39. The molecule has 0 aliphatic rings. The van der Waals surface area contributed by atoms with Crippen molar-refractivity contribution in [1.29, 1.82) is 0 Å². The van der Waals surface area contributed by atoms with E-state index in [0.717, 1.165) is 0 Å². The van der Waals surface area contributed by atoms with Crippen LogP contribution in [0.4, 0.5) is 5.82 Å². The summed E-state index contributed by atoms with van der Waals surface area (Å²) in [7, 11) is 0. The van der Waals surface area contributed by atoms with Gasteiger partial charge in [-0.3, -0.25) is 4.79 Å². The Morgan fingerprint density at radius 3 is 2.38 bits per heavy atom. The summed E-state index contributed by atoms with van der Waals surface area (Å²) < 4.78 is 0. The molecule has 2 N–H and O–H groups in total. The predicted octanol–water partition coefficient (Wildman–Crippen LogP) is 1.94. The van der Waals surface area contributed by atoms with Gasteiger partial charge in [0.05, 0.1) is 0 Å². The van der Waals surface area contributed by atoms with Crippen LogP contribution in [0.2, 0.25) is 5.02 Å². The molecule has 0 spiro atoms. The molecule has 16 heavy (non-hydrogen) atoms. The molecular weight excluding hydrogens is 226 g/mol. The molecule has 0 saturated heterocycles. The lowest BCUT2D eigenvalue weighted by atomic mass is 10.1. The Morgan fingerprint density at radius 2 is 1.75 bits per heavy atom. The molecule has 0 bridgehead atoms. The van der Waals surface area contributed by atoms with Crippen molar-refractivity contribution < 1.29 is 4.79 Å². The number of benzene rings is 1. The van der Waals surface area contributed by atoms with Gasteiger partial charge in [-0.05, 0) is 24.3 Å². The van der Waals surface area contributed by atoms with Gasteiger partial charge in [0.1, 0.15) is 0 Å². The number of ketones is 1. The van der Waals surface area contributed by atoms with Crippen molar-refractivity contribution in [2.75, 3.05) is 5.73 Å². The molecule has 0 fully saturated rings. The maximum absolute atomic E-state index is 12.0. The van der Waals surface area contributed by atoms with Crippen LogP contribution in [0.5, 0.6) is 0 Å². The Balaban J connectivity index is 2.40. The Bertz CT molecular complexity index is 525. The highest BCUT2D eigenvalue weighted by molar-refractivity contribution is 6.30. The second-order valence-corrected chi connectivity index (χ2v) is 3.56.